The highest BCUT2D eigenvalue weighted by molar-refractivity contribution is 6.21. The molecular weight excluding hydrogens is 421 g/mol. The number of alkyl halides is 2. The van der Waals surface area contributed by atoms with Crippen molar-refractivity contribution in [1.29, 1.82) is 0 Å². The zero-order chi connectivity index (χ0) is 21.6. The Morgan fingerprint density at radius 1 is 1.00 bits per heavy atom. The Hall–Kier alpha value is -0.960. The fourth-order valence-electron chi connectivity index (χ4n) is 5.33. The summed E-state index contributed by atoms with van der Waals surface area (Å²) in [5, 5.41) is 5.91. The van der Waals surface area contributed by atoms with Crippen molar-refractivity contribution in [2.75, 3.05) is 13.2 Å². The lowest BCUT2D eigenvalue weighted by Gasteiger charge is -2.29. The summed E-state index contributed by atoms with van der Waals surface area (Å²) in [5.41, 5.74) is 6.74. The van der Waals surface area contributed by atoms with Gasteiger partial charge in [0, 0.05) is 37.6 Å². The number of hydrogen-bond donors (Lipinski definition) is 4. The fraction of sp³-hybridized carbons (Fsp3) is 0.909. The normalized spacial score (nSPS) is 36.3. The molecule has 4 fully saturated rings. The summed E-state index contributed by atoms with van der Waals surface area (Å²) in [6.07, 6.45) is 9.24. The summed E-state index contributed by atoms with van der Waals surface area (Å²) in [4.78, 5) is 17.7. The minimum atomic E-state index is -1.13. The van der Waals surface area contributed by atoms with Gasteiger partial charge in [-0.3, -0.25) is 15.5 Å². The minimum Gasteiger partial charge on any atom is -0.381 e. The third-order valence-electron chi connectivity index (χ3n) is 7.28. The van der Waals surface area contributed by atoms with Crippen LogP contribution in [0, 0.1) is 11.8 Å². The molecule has 0 bridgehead atoms. The highest BCUT2D eigenvalue weighted by Crippen LogP contribution is 2.31. The molecule has 0 aromatic carbocycles. The third kappa shape index (κ3) is 6.53. The van der Waals surface area contributed by atoms with Crippen molar-refractivity contribution >= 4 is 23.5 Å². The zero-order valence-electron chi connectivity index (χ0n) is 18.3. The summed E-state index contributed by atoms with van der Waals surface area (Å²) in [7, 11) is 0. The Balaban J connectivity index is 1.38. The van der Waals surface area contributed by atoms with Crippen LogP contribution in [0.3, 0.4) is 0 Å². The van der Waals surface area contributed by atoms with E-state index in [1.807, 2.05) is 0 Å². The molecule has 4 rings (SSSR count). The molecule has 2 heterocycles. The Bertz CT molecular complexity index is 627. The highest BCUT2D eigenvalue weighted by atomic mass is 35.5. The van der Waals surface area contributed by atoms with Crippen LogP contribution in [-0.2, 0) is 9.53 Å². The van der Waals surface area contributed by atoms with Gasteiger partial charge in [0.1, 0.15) is 12.3 Å². The predicted molar refractivity (Wildman–Crippen MR) is 119 cm³/mol. The first-order valence-corrected chi connectivity index (χ1v) is 12.5. The fourth-order valence-corrected chi connectivity index (χ4v) is 5.55. The van der Waals surface area contributed by atoms with Gasteiger partial charge in [-0.05, 0) is 50.9 Å². The maximum absolute atomic E-state index is 14.1. The Kier molecular flexibility index (Phi) is 8.43. The van der Waals surface area contributed by atoms with E-state index < -0.39 is 11.5 Å². The van der Waals surface area contributed by atoms with Gasteiger partial charge in [0.25, 0.3) is 0 Å². The van der Waals surface area contributed by atoms with E-state index in [9.17, 15) is 9.18 Å². The number of rotatable bonds is 4. The molecule has 31 heavy (non-hydrogen) atoms. The number of nitrogens with one attached hydrogen (secondary N) is 4. The van der Waals surface area contributed by atoms with Crippen LogP contribution >= 0.6 is 11.6 Å². The van der Waals surface area contributed by atoms with Gasteiger partial charge < -0.3 is 10.1 Å². The number of guanidine groups is 1. The molecule has 5 atom stereocenters. The van der Waals surface area contributed by atoms with E-state index >= 15 is 0 Å². The van der Waals surface area contributed by atoms with Gasteiger partial charge in [-0.25, -0.2) is 14.8 Å². The monoisotopic (exact) mass is 457 g/mol. The number of aliphatic imine (C=N–C) groups is 1. The first-order valence-electron chi connectivity index (χ1n) is 12.1. The van der Waals surface area contributed by atoms with Crippen LogP contribution in [0.2, 0.25) is 0 Å². The van der Waals surface area contributed by atoms with Crippen molar-refractivity contribution < 1.29 is 13.9 Å². The molecule has 2 aliphatic carbocycles. The molecule has 4 aliphatic rings. The quantitative estimate of drug-likeness (QED) is 0.296. The van der Waals surface area contributed by atoms with Crippen LogP contribution in [0.15, 0.2) is 4.99 Å². The lowest BCUT2D eigenvalue weighted by Crippen LogP contribution is -2.50. The van der Waals surface area contributed by atoms with E-state index in [0.29, 0.717) is 44.0 Å². The van der Waals surface area contributed by atoms with Gasteiger partial charge in [0.05, 0.1) is 5.38 Å². The summed E-state index contributed by atoms with van der Waals surface area (Å²) < 4.78 is 19.5. The number of hydrogen-bond acceptors (Lipinski definition) is 5. The smallest absolute Gasteiger partial charge is 0.229 e. The maximum atomic E-state index is 14.1. The molecule has 7 nitrogen and oxygen atoms in total. The number of amides is 1. The van der Waals surface area contributed by atoms with Crippen molar-refractivity contribution in [1.82, 2.24) is 21.5 Å². The Morgan fingerprint density at radius 3 is 2.52 bits per heavy atom. The SMILES string of the molecule is O=C(N/C(=N\C1CC(C2CCCCC2)NN1)NC1CCOCC1)C1CCC(Cl)C(F)C1. The van der Waals surface area contributed by atoms with Crippen molar-refractivity contribution in [2.24, 2.45) is 16.8 Å². The van der Waals surface area contributed by atoms with E-state index in [1.165, 1.54) is 32.1 Å². The first-order chi connectivity index (χ1) is 15.1. The van der Waals surface area contributed by atoms with Crippen molar-refractivity contribution in [3.05, 3.63) is 0 Å². The van der Waals surface area contributed by atoms with Crippen LogP contribution in [0.5, 0.6) is 0 Å². The second-order valence-corrected chi connectivity index (χ2v) is 10.1. The number of ether oxygens (including phenoxy) is 1. The van der Waals surface area contributed by atoms with Gasteiger partial charge in [-0.2, -0.15) is 0 Å². The predicted octanol–water partition coefficient (Wildman–Crippen LogP) is 2.75. The van der Waals surface area contributed by atoms with Crippen molar-refractivity contribution in [3.63, 3.8) is 0 Å². The molecule has 2 saturated carbocycles. The number of nitrogens with zero attached hydrogens (tertiary/aromatic N) is 1. The summed E-state index contributed by atoms with van der Waals surface area (Å²) in [5.74, 6) is 0.648. The molecule has 4 N–H and O–H groups in total. The zero-order valence-corrected chi connectivity index (χ0v) is 19.0. The number of carbonyl (C=O) groups excluding carboxylic acids is 1. The number of halogens is 2. The van der Waals surface area contributed by atoms with E-state index in [-0.39, 0.29) is 30.5 Å². The average Bonchev–Trinajstić information content (AvgIpc) is 3.25. The summed E-state index contributed by atoms with van der Waals surface area (Å²) in [6, 6.07) is 0.629. The van der Waals surface area contributed by atoms with E-state index in [1.54, 1.807) is 0 Å². The average molecular weight is 458 g/mol. The Morgan fingerprint density at radius 2 is 1.77 bits per heavy atom. The number of carbonyl (C=O) groups is 1. The second kappa shape index (κ2) is 11.3. The standard InChI is InChI=1S/C22H37ClFN5O2/c23-17-7-6-15(12-18(17)24)21(30)27-22(25-16-8-10-31-11-9-16)26-20-13-19(28-29-20)14-4-2-1-3-5-14/h14-20,28-29H,1-13H2,(H2,25,26,27,30). The summed E-state index contributed by atoms with van der Waals surface area (Å²) in [6.45, 7) is 1.41. The van der Waals surface area contributed by atoms with Gasteiger partial charge >= 0.3 is 0 Å². The molecule has 5 unspecified atom stereocenters. The lowest BCUT2D eigenvalue weighted by molar-refractivity contribution is -0.125. The molecular formula is C22H37ClFN5O2. The first kappa shape index (κ1) is 23.2. The van der Waals surface area contributed by atoms with Gasteiger partial charge in [-0.15, -0.1) is 11.6 Å². The van der Waals surface area contributed by atoms with Gasteiger partial charge in [-0.1, -0.05) is 19.3 Å². The number of hydrazine groups is 1. The summed E-state index contributed by atoms with van der Waals surface area (Å²) >= 11 is 5.99. The van der Waals surface area contributed by atoms with Crippen molar-refractivity contribution in [3.8, 4) is 0 Å². The second-order valence-electron chi connectivity index (χ2n) is 9.58. The maximum Gasteiger partial charge on any atom is 0.229 e. The van der Waals surface area contributed by atoms with Crippen LogP contribution in [-0.4, -0.2) is 54.9 Å². The molecule has 0 aromatic heterocycles. The topological polar surface area (TPSA) is 86.8 Å². The van der Waals surface area contributed by atoms with Gasteiger partial charge in [0.2, 0.25) is 5.91 Å². The van der Waals surface area contributed by atoms with Gasteiger partial charge in [0.15, 0.2) is 5.96 Å². The molecule has 2 aliphatic heterocycles. The molecule has 0 radical (unpaired) electrons. The molecule has 176 valence electrons. The largest absolute Gasteiger partial charge is 0.381 e. The Labute approximate surface area is 189 Å². The molecule has 0 aromatic rings. The minimum absolute atomic E-state index is 0.0953. The third-order valence-corrected chi connectivity index (χ3v) is 7.78. The lowest BCUT2D eigenvalue weighted by atomic mass is 9.83. The van der Waals surface area contributed by atoms with Crippen LogP contribution in [0.25, 0.3) is 0 Å². The molecule has 2 saturated heterocycles. The molecule has 9 heteroatoms. The van der Waals surface area contributed by atoms with E-state index in [2.05, 4.69) is 21.5 Å². The van der Waals surface area contributed by atoms with Crippen LogP contribution in [0.1, 0.15) is 70.6 Å². The molecule has 0 spiro atoms. The van der Waals surface area contributed by atoms with E-state index in [4.69, 9.17) is 21.3 Å². The highest BCUT2D eigenvalue weighted by Gasteiger charge is 2.34. The van der Waals surface area contributed by atoms with E-state index in [0.717, 1.165) is 19.3 Å². The van der Waals surface area contributed by atoms with Crippen LogP contribution in [0.4, 0.5) is 4.39 Å². The van der Waals surface area contributed by atoms with Crippen LogP contribution < -0.4 is 21.5 Å². The molecule has 1 amide bonds. The van der Waals surface area contributed by atoms with Crippen molar-refractivity contribution in [2.45, 2.75) is 100 Å².